The summed E-state index contributed by atoms with van der Waals surface area (Å²) in [4.78, 5) is 40.0. The molecular weight excluding hydrogens is 476 g/mol. The van der Waals surface area contributed by atoms with Crippen molar-refractivity contribution in [3.8, 4) is 11.5 Å². The molecule has 0 unspecified atom stereocenters. The summed E-state index contributed by atoms with van der Waals surface area (Å²) in [6, 6.07) is 12.8. The number of ether oxygens (including phenoxy) is 2. The number of nitrogens with zero attached hydrogens (tertiary/aromatic N) is 1. The first-order valence-corrected chi connectivity index (χ1v) is 12.5. The normalized spacial score (nSPS) is 11.9. The average Bonchev–Trinajstić information content (AvgIpc) is 2.84. The fraction of sp³-hybridized carbons (Fsp3) is 0.464. The molecule has 0 spiro atoms. The number of phenolic OH excluding ortho intramolecular Hbond substituents is 2. The largest absolute Gasteiger partial charge is 0.504 e. The van der Waals surface area contributed by atoms with E-state index in [1.807, 2.05) is 37.3 Å². The highest BCUT2D eigenvalue weighted by Crippen LogP contribution is 2.28. The van der Waals surface area contributed by atoms with E-state index in [4.69, 9.17) is 9.47 Å². The molecule has 0 aliphatic carbocycles. The van der Waals surface area contributed by atoms with E-state index in [1.54, 1.807) is 37.8 Å². The van der Waals surface area contributed by atoms with Gasteiger partial charge in [0.1, 0.15) is 18.2 Å². The molecule has 0 saturated carbocycles. The van der Waals surface area contributed by atoms with Crippen molar-refractivity contribution in [2.75, 3.05) is 13.1 Å². The number of esters is 1. The number of carbonyl (C=O) groups excluding carboxylic acids is 3. The number of para-hydroxylation sites is 1. The lowest BCUT2D eigenvalue weighted by atomic mass is 10.1. The van der Waals surface area contributed by atoms with Gasteiger partial charge in [0.2, 0.25) is 5.91 Å². The van der Waals surface area contributed by atoms with Crippen LogP contribution in [0.3, 0.4) is 0 Å². The Morgan fingerprint density at radius 3 is 2.35 bits per heavy atom. The van der Waals surface area contributed by atoms with Crippen molar-refractivity contribution in [3.05, 3.63) is 59.7 Å². The molecule has 0 fully saturated rings. The quantitative estimate of drug-likeness (QED) is 0.285. The van der Waals surface area contributed by atoms with Gasteiger partial charge in [0.05, 0.1) is 0 Å². The maximum absolute atomic E-state index is 13.5. The van der Waals surface area contributed by atoms with Crippen LogP contribution in [0.5, 0.6) is 11.5 Å². The van der Waals surface area contributed by atoms with Crippen molar-refractivity contribution in [2.24, 2.45) is 0 Å². The SMILES string of the molecule is CCCN(CCc1cccc(O)c1O)C(=O)[C@H](CCC(=O)OC(C)(C)C)NC(=O)OCc1ccccc1. The number of hydrogen-bond donors (Lipinski definition) is 3. The van der Waals surface area contributed by atoms with Gasteiger partial charge in [0.25, 0.3) is 0 Å². The summed E-state index contributed by atoms with van der Waals surface area (Å²) in [7, 11) is 0. The van der Waals surface area contributed by atoms with Gasteiger partial charge in [0, 0.05) is 19.5 Å². The Kier molecular flexibility index (Phi) is 11.2. The third-order valence-electron chi connectivity index (χ3n) is 5.41. The van der Waals surface area contributed by atoms with E-state index in [1.165, 1.54) is 6.07 Å². The Hall–Kier alpha value is -3.75. The summed E-state index contributed by atoms with van der Waals surface area (Å²) >= 11 is 0. The Labute approximate surface area is 218 Å². The molecular formula is C28H38N2O7. The molecule has 0 saturated heterocycles. The van der Waals surface area contributed by atoms with Crippen molar-refractivity contribution in [1.29, 1.82) is 0 Å². The number of amides is 2. The number of benzene rings is 2. The molecule has 2 aromatic carbocycles. The van der Waals surface area contributed by atoms with E-state index in [0.717, 1.165) is 5.56 Å². The predicted octanol–water partition coefficient (Wildman–Crippen LogP) is 4.30. The van der Waals surface area contributed by atoms with Gasteiger partial charge in [-0.1, -0.05) is 49.4 Å². The minimum atomic E-state index is -1.01. The van der Waals surface area contributed by atoms with Gasteiger partial charge in [-0.3, -0.25) is 9.59 Å². The Bertz CT molecular complexity index is 1030. The predicted molar refractivity (Wildman–Crippen MR) is 139 cm³/mol. The van der Waals surface area contributed by atoms with Gasteiger partial charge in [-0.05, 0) is 57.2 Å². The first-order valence-electron chi connectivity index (χ1n) is 12.5. The van der Waals surface area contributed by atoms with Gasteiger partial charge in [-0.25, -0.2) is 4.79 Å². The summed E-state index contributed by atoms with van der Waals surface area (Å²) < 4.78 is 10.7. The smallest absolute Gasteiger partial charge is 0.408 e. The van der Waals surface area contributed by atoms with Crippen LogP contribution in [0, 0.1) is 0 Å². The second-order valence-corrected chi connectivity index (χ2v) is 9.74. The highest BCUT2D eigenvalue weighted by atomic mass is 16.6. The van der Waals surface area contributed by atoms with Gasteiger partial charge in [0.15, 0.2) is 11.5 Å². The average molecular weight is 515 g/mol. The standard InChI is InChI=1S/C28H38N2O7/c1-5-17-30(18-16-21-12-9-13-23(31)25(21)33)26(34)22(14-15-24(32)37-28(2,3)4)29-27(35)36-19-20-10-7-6-8-11-20/h6-13,22,31,33H,5,14-19H2,1-4H3,(H,29,35)/t22-/m0/s1. The fourth-order valence-corrected chi connectivity index (χ4v) is 3.68. The molecule has 0 heterocycles. The Morgan fingerprint density at radius 1 is 1.00 bits per heavy atom. The lowest BCUT2D eigenvalue weighted by molar-refractivity contribution is -0.155. The first-order chi connectivity index (χ1) is 17.5. The lowest BCUT2D eigenvalue weighted by Gasteiger charge is -2.28. The molecule has 0 aliphatic heterocycles. The molecule has 9 heteroatoms. The maximum atomic E-state index is 13.5. The van der Waals surface area contributed by atoms with Crippen molar-refractivity contribution < 1.29 is 34.1 Å². The van der Waals surface area contributed by atoms with Gasteiger partial charge >= 0.3 is 12.1 Å². The van der Waals surface area contributed by atoms with Crippen LogP contribution in [0.2, 0.25) is 0 Å². The number of nitrogens with one attached hydrogen (secondary N) is 1. The van der Waals surface area contributed by atoms with E-state index in [2.05, 4.69) is 5.32 Å². The van der Waals surface area contributed by atoms with Crippen LogP contribution in [0.1, 0.15) is 58.1 Å². The second kappa shape index (κ2) is 14.1. The van der Waals surface area contributed by atoms with E-state index < -0.39 is 23.7 Å². The summed E-state index contributed by atoms with van der Waals surface area (Å²) in [5.41, 5.74) is 0.623. The van der Waals surface area contributed by atoms with Crippen LogP contribution in [-0.2, 0) is 32.1 Å². The molecule has 37 heavy (non-hydrogen) atoms. The summed E-state index contributed by atoms with van der Waals surface area (Å²) in [5, 5.41) is 22.5. The minimum absolute atomic E-state index is 0.0335. The van der Waals surface area contributed by atoms with Crippen LogP contribution in [-0.4, -0.2) is 57.8 Å². The maximum Gasteiger partial charge on any atom is 0.408 e. The number of phenols is 2. The summed E-state index contributed by atoms with van der Waals surface area (Å²) in [6.07, 6.45) is 0.151. The van der Waals surface area contributed by atoms with Crippen LogP contribution in [0.4, 0.5) is 4.79 Å². The molecule has 0 radical (unpaired) electrons. The third-order valence-corrected chi connectivity index (χ3v) is 5.41. The van der Waals surface area contributed by atoms with Crippen LogP contribution < -0.4 is 5.32 Å². The van der Waals surface area contributed by atoms with Crippen LogP contribution in [0.15, 0.2) is 48.5 Å². The second-order valence-electron chi connectivity index (χ2n) is 9.74. The number of carbonyl (C=O) groups is 3. The van der Waals surface area contributed by atoms with Gasteiger partial charge < -0.3 is 29.9 Å². The molecule has 2 rings (SSSR count). The molecule has 0 aromatic heterocycles. The molecule has 1 atom stereocenters. The zero-order chi connectivity index (χ0) is 27.4. The van der Waals surface area contributed by atoms with E-state index >= 15 is 0 Å². The first kappa shape index (κ1) is 29.5. The summed E-state index contributed by atoms with van der Waals surface area (Å²) in [5.74, 6) is -1.31. The number of hydrogen-bond acceptors (Lipinski definition) is 7. The number of alkyl carbamates (subject to hydrolysis) is 1. The number of aromatic hydroxyl groups is 2. The van der Waals surface area contributed by atoms with E-state index in [9.17, 15) is 24.6 Å². The zero-order valence-electron chi connectivity index (χ0n) is 22.0. The van der Waals surface area contributed by atoms with E-state index in [-0.39, 0.29) is 43.4 Å². The number of rotatable bonds is 12. The fourth-order valence-electron chi connectivity index (χ4n) is 3.68. The highest BCUT2D eigenvalue weighted by molar-refractivity contribution is 5.86. The van der Waals surface area contributed by atoms with Crippen molar-refractivity contribution in [1.82, 2.24) is 10.2 Å². The van der Waals surface area contributed by atoms with Crippen LogP contribution >= 0.6 is 0 Å². The highest BCUT2D eigenvalue weighted by Gasteiger charge is 2.28. The molecule has 2 amide bonds. The monoisotopic (exact) mass is 514 g/mol. The van der Waals surface area contributed by atoms with E-state index in [0.29, 0.717) is 24.9 Å². The lowest BCUT2D eigenvalue weighted by Crippen LogP contribution is -2.49. The molecule has 3 N–H and O–H groups in total. The van der Waals surface area contributed by atoms with Crippen LogP contribution in [0.25, 0.3) is 0 Å². The Morgan fingerprint density at radius 2 is 1.70 bits per heavy atom. The molecule has 202 valence electrons. The third kappa shape index (κ3) is 10.4. The van der Waals surface area contributed by atoms with Crippen molar-refractivity contribution in [2.45, 2.75) is 71.6 Å². The van der Waals surface area contributed by atoms with Crippen molar-refractivity contribution in [3.63, 3.8) is 0 Å². The summed E-state index contributed by atoms with van der Waals surface area (Å²) in [6.45, 7) is 7.87. The van der Waals surface area contributed by atoms with Gasteiger partial charge in [-0.2, -0.15) is 0 Å². The molecule has 9 nitrogen and oxygen atoms in total. The van der Waals surface area contributed by atoms with Gasteiger partial charge in [-0.15, -0.1) is 0 Å². The Balaban J connectivity index is 2.12. The zero-order valence-corrected chi connectivity index (χ0v) is 22.0. The minimum Gasteiger partial charge on any atom is -0.504 e. The topological polar surface area (TPSA) is 125 Å². The molecule has 0 bridgehead atoms. The molecule has 0 aliphatic rings. The molecule has 2 aromatic rings. The van der Waals surface area contributed by atoms with Crippen molar-refractivity contribution >= 4 is 18.0 Å².